The van der Waals surface area contributed by atoms with E-state index >= 15 is 0 Å². The number of piperidine rings is 1. The summed E-state index contributed by atoms with van der Waals surface area (Å²) in [5, 5.41) is 3.57. The van der Waals surface area contributed by atoms with Crippen LogP contribution in [0.5, 0.6) is 0 Å². The van der Waals surface area contributed by atoms with Crippen LogP contribution in [0.1, 0.15) is 31.2 Å². The van der Waals surface area contributed by atoms with Gasteiger partial charge in [-0.3, -0.25) is 9.78 Å². The number of aromatic nitrogens is 1. The van der Waals surface area contributed by atoms with Gasteiger partial charge in [0.15, 0.2) is 0 Å². The fraction of sp³-hybridized carbons (Fsp3) is 0.571. The zero-order chi connectivity index (χ0) is 11.7. The first-order chi connectivity index (χ1) is 8.31. The van der Waals surface area contributed by atoms with Crippen LogP contribution in [0.15, 0.2) is 24.5 Å². The Morgan fingerprint density at radius 1 is 1.35 bits per heavy atom. The van der Waals surface area contributed by atoms with Gasteiger partial charge in [-0.15, -0.1) is 0 Å². The highest BCUT2D eigenvalue weighted by Crippen LogP contribution is 2.31. The van der Waals surface area contributed by atoms with Gasteiger partial charge in [-0.1, -0.05) is 6.07 Å². The lowest BCUT2D eigenvalue weighted by Gasteiger charge is -2.28. The predicted octanol–water partition coefficient (Wildman–Crippen LogP) is 1.72. The Morgan fingerprint density at radius 2 is 2.12 bits per heavy atom. The SMILES string of the molecule is O=C(Cc1cccnc1)C1CC2CCC(C1)N2. The molecule has 0 aliphatic carbocycles. The van der Waals surface area contributed by atoms with Crippen molar-refractivity contribution >= 4 is 5.78 Å². The summed E-state index contributed by atoms with van der Waals surface area (Å²) in [6.07, 6.45) is 8.68. The maximum atomic E-state index is 12.2. The van der Waals surface area contributed by atoms with E-state index in [4.69, 9.17) is 0 Å². The molecule has 3 heteroatoms. The van der Waals surface area contributed by atoms with Crippen LogP contribution in [0.4, 0.5) is 0 Å². The first kappa shape index (κ1) is 10.9. The van der Waals surface area contributed by atoms with E-state index in [1.807, 2.05) is 12.1 Å². The molecule has 0 saturated carbocycles. The van der Waals surface area contributed by atoms with Crippen molar-refractivity contribution in [3.05, 3.63) is 30.1 Å². The summed E-state index contributed by atoms with van der Waals surface area (Å²) >= 11 is 0. The van der Waals surface area contributed by atoms with Crippen molar-refractivity contribution in [1.82, 2.24) is 10.3 Å². The summed E-state index contributed by atoms with van der Waals surface area (Å²) in [5.41, 5.74) is 1.04. The molecule has 0 amide bonds. The quantitative estimate of drug-likeness (QED) is 0.859. The molecule has 2 aliphatic heterocycles. The van der Waals surface area contributed by atoms with Gasteiger partial charge in [0, 0.05) is 36.8 Å². The van der Waals surface area contributed by atoms with E-state index in [1.165, 1.54) is 12.8 Å². The number of pyridine rings is 1. The molecule has 17 heavy (non-hydrogen) atoms. The smallest absolute Gasteiger partial charge is 0.140 e. The molecule has 0 aromatic carbocycles. The molecule has 2 bridgehead atoms. The maximum absolute atomic E-state index is 12.2. The van der Waals surface area contributed by atoms with Crippen LogP contribution in [0.3, 0.4) is 0 Å². The third kappa shape index (κ3) is 2.39. The monoisotopic (exact) mass is 230 g/mol. The van der Waals surface area contributed by atoms with Crippen LogP contribution >= 0.6 is 0 Å². The summed E-state index contributed by atoms with van der Waals surface area (Å²) < 4.78 is 0. The lowest BCUT2D eigenvalue weighted by Crippen LogP contribution is -2.40. The van der Waals surface area contributed by atoms with Crippen molar-refractivity contribution in [1.29, 1.82) is 0 Å². The normalized spacial score (nSPS) is 31.4. The minimum Gasteiger partial charge on any atom is -0.311 e. The number of Topliss-reactive ketones (excluding diaryl/α,β-unsaturated/α-hetero) is 1. The third-order valence-corrected chi connectivity index (χ3v) is 4.03. The zero-order valence-corrected chi connectivity index (χ0v) is 9.93. The van der Waals surface area contributed by atoms with E-state index in [0.717, 1.165) is 18.4 Å². The Bertz CT molecular complexity index is 392. The van der Waals surface area contributed by atoms with Gasteiger partial charge in [0.05, 0.1) is 0 Å². The van der Waals surface area contributed by atoms with Crippen LogP contribution in [0.2, 0.25) is 0 Å². The highest BCUT2D eigenvalue weighted by atomic mass is 16.1. The molecule has 0 radical (unpaired) electrons. The highest BCUT2D eigenvalue weighted by molar-refractivity contribution is 5.83. The number of nitrogens with zero attached hydrogens (tertiary/aromatic N) is 1. The molecule has 2 aliphatic rings. The molecule has 1 aromatic heterocycles. The topological polar surface area (TPSA) is 42.0 Å². The Morgan fingerprint density at radius 3 is 2.76 bits per heavy atom. The van der Waals surface area contributed by atoms with Crippen LogP contribution in [-0.2, 0) is 11.2 Å². The van der Waals surface area contributed by atoms with Crippen molar-refractivity contribution < 1.29 is 4.79 Å². The Kier molecular flexibility index (Phi) is 2.93. The Labute approximate surface area is 102 Å². The van der Waals surface area contributed by atoms with Gasteiger partial charge >= 0.3 is 0 Å². The predicted molar refractivity (Wildman–Crippen MR) is 65.6 cm³/mol. The zero-order valence-electron chi connectivity index (χ0n) is 9.93. The van der Waals surface area contributed by atoms with E-state index in [-0.39, 0.29) is 5.92 Å². The second-order valence-electron chi connectivity index (χ2n) is 5.31. The third-order valence-electron chi connectivity index (χ3n) is 4.03. The number of rotatable bonds is 3. The average molecular weight is 230 g/mol. The van der Waals surface area contributed by atoms with Gasteiger partial charge in [0.25, 0.3) is 0 Å². The molecule has 2 unspecified atom stereocenters. The summed E-state index contributed by atoms with van der Waals surface area (Å²) in [4.78, 5) is 16.3. The molecule has 0 spiro atoms. The molecule has 90 valence electrons. The van der Waals surface area contributed by atoms with E-state index < -0.39 is 0 Å². The van der Waals surface area contributed by atoms with Crippen molar-refractivity contribution in [3.63, 3.8) is 0 Å². The van der Waals surface area contributed by atoms with Crippen molar-refractivity contribution in [3.8, 4) is 0 Å². The van der Waals surface area contributed by atoms with E-state index in [2.05, 4.69) is 10.3 Å². The lowest BCUT2D eigenvalue weighted by molar-refractivity contribution is -0.123. The fourth-order valence-electron chi connectivity index (χ4n) is 3.17. The highest BCUT2D eigenvalue weighted by Gasteiger charge is 2.36. The van der Waals surface area contributed by atoms with Gasteiger partial charge in [0.2, 0.25) is 0 Å². The molecular weight excluding hydrogens is 212 g/mol. The Hall–Kier alpha value is -1.22. The molecular formula is C14H18N2O. The largest absolute Gasteiger partial charge is 0.311 e. The average Bonchev–Trinajstić information content (AvgIpc) is 2.69. The molecule has 2 fully saturated rings. The van der Waals surface area contributed by atoms with Crippen LogP contribution in [-0.4, -0.2) is 22.9 Å². The van der Waals surface area contributed by atoms with Gasteiger partial charge in [-0.25, -0.2) is 0 Å². The van der Waals surface area contributed by atoms with E-state index in [9.17, 15) is 4.79 Å². The standard InChI is InChI=1S/C14H18N2O/c17-14(6-10-2-1-5-15-9-10)11-7-12-3-4-13(8-11)16-12/h1-2,5,9,11-13,16H,3-4,6-8H2. The van der Waals surface area contributed by atoms with Gasteiger partial charge < -0.3 is 5.32 Å². The number of fused-ring (bicyclic) bond motifs is 2. The molecule has 3 heterocycles. The number of carbonyl (C=O) groups excluding carboxylic acids is 1. The number of nitrogens with one attached hydrogen (secondary N) is 1. The summed E-state index contributed by atoms with van der Waals surface area (Å²) in [6.45, 7) is 0. The van der Waals surface area contributed by atoms with Crippen LogP contribution in [0.25, 0.3) is 0 Å². The van der Waals surface area contributed by atoms with Crippen molar-refractivity contribution in [2.75, 3.05) is 0 Å². The summed E-state index contributed by atoms with van der Waals surface area (Å²) in [5.74, 6) is 0.672. The number of hydrogen-bond acceptors (Lipinski definition) is 3. The molecule has 1 N–H and O–H groups in total. The molecule has 2 atom stereocenters. The van der Waals surface area contributed by atoms with Gasteiger partial charge in [0.1, 0.15) is 5.78 Å². The molecule has 3 rings (SSSR count). The number of carbonyl (C=O) groups is 1. The minimum atomic E-state index is 0.272. The van der Waals surface area contributed by atoms with Crippen molar-refractivity contribution in [2.45, 2.75) is 44.2 Å². The molecule has 3 nitrogen and oxygen atoms in total. The number of hydrogen-bond donors (Lipinski definition) is 1. The maximum Gasteiger partial charge on any atom is 0.140 e. The second-order valence-corrected chi connectivity index (χ2v) is 5.31. The Balaban J connectivity index is 1.63. The second kappa shape index (κ2) is 4.57. The van der Waals surface area contributed by atoms with Crippen LogP contribution < -0.4 is 5.32 Å². The van der Waals surface area contributed by atoms with E-state index in [0.29, 0.717) is 24.3 Å². The van der Waals surface area contributed by atoms with Gasteiger partial charge in [-0.2, -0.15) is 0 Å². The summed E-state index contributed by atoms with van der Waals surface area (Å²) in [6, 6.07) is 5.07. The molecule has 1 aromatic rings. The van der Waals surface area contributed by atoms with E-state index in [1.54, 1.807) is 12.4 Å². The van der Waals surface area contributed by atoms with Crippen molar-refractivity contribution in [2.24, 2.45) is 5.92 Å². The first-order valence-electron chi connectivity index (χ1n) is 6.49. The lowest BCUT2D eigenvalue weighted by atomic mass is 9.86. The minimum absolute atomic E-state index is 0.272. The van der Waals surface area contributed by atoms with Gasteiger partial charge in [-0.05, 0) is 37.3 Å². The summed E-state index contributed by atoms with van der Waals surface area (Å²) in [7, 11) is 0. The first-order valence-corrected chi connectivity index (χ1v) is 6.49. The fourth-order valence-corrected chi connectivity index (χ4v) is 3.17. The van der Waals surface area contributed by atoms with Crippen LogP contribution in [0, 0.1) is 5.92 Å². The molecule has 2 saturated heterocycles. The number of ketones is 1.